The number of morpholine rings is 1. The maximum absolute atomic E-state index is 13.1. The lowest BCUT2D eigenvalue weighted by Gasteiger charge is -2.29. The molecule has 0 bridgehead atoms. The zero-order valence-corrected chi connectivity index (χ0v) is 18.2. The van der Waals surface area contributed by atoms with Gasteiger partial charge in [-0.3, -0.25) is 19.7 Å². The van der Waals surface area contributed by atoms with Crippen molar-refractivity contribution in [2.75, 3.05) is 49.6 Å². The highest BCUT2D eigenvalue weighted by Gasteiger charge is 2.22. The van der Waals surface area contributed by atoms with Gasteiger partial charge in [-0.1, -0.05) is 0 Å². The van der Waals surface area contributed by atoms with Gasteiger partial charge in [-0.15, -0.1) is 0 Å². The molecule has 33 heavy (non-hydrogen) atoms. The summed E-state index contributed by atoms with van der Waals surface area (Å²) in [6.07, 6.45) is 1.52. The minimum Gasteiger partial charge on any atom is -0.378 e. The number of nitrogens with one attached hydrogen (secondary N) is 2. The number of fused-ring (bicyclic) bond motifs is 1. The fraction of sp³-hybridized carbons (Fsp3) is 0.304. The zero-order valence-electron chi connectivity index (χ0n) is 18.2. The molecule has 2 N–H and O–H groups in total. The highest BCUT2D eigenvalue weighted by molar-refractivity contribution is 6.08. The molecule has 10 heteroatoms. The molecule has 0 unspecified atom stereocenters. The number of likely N-dealkylation sites (N-methyl/N-ethyl adjacent to an activating group) is 1. The number of non-ortho nitro benzene ring substituents is 1. The first kappa shape index (κ1) is 22.3. The van der Waals surface area contributed by atoms with E-state index in [1.54, 1.807) is 13.0 Å². The third kappa shape index (κ3) is 4.96. The smallest absolute Gasteiger partial charge is 0.270 e. The Morgan fingerprint density at radius 3 is 2.58 bits per heavy atom. The molecule has 0 radical (unpaired) electrons. The van der Waals surface area contributed by atoms with Crippen molar-refractivity contribution in [3.63, 3.8) is 0 Å². The third-order valence-corrected chi connectivity index (χ3v) is 5.64. The average Bonchev–Trinajstić information content (AvgIpc) is 3.26. The van der Waals surface area contributed by atoms with Crippen LogP contribution in [0.1, 0.15) is 17.3 Å². The van der Waals surface area contributed by atoms with Crippen molar-refractivity contribution in [2.45, 2.75) is 6.92 Å². The molecule has 0 spiro atoms. The number of nitro groups is 1. The number of nitrogens with zero attached hydrogens (tertiary/aromatic N) is 3. The molecule has 2 amide bonds. The van der Waals surface area contributed by atoms with Crippen molar-refractivity contribution >= 4 is 39.8 Å². The van der Waals surface area contributed by atoms with E-state index >= 15 is 0 Å². The molecule has 10 nitrogen and oxygen atoms in total. The molecule has 1 aliphatic rings. The second-order valence-corrected chi connectivity index (χ2v) is 7.70. The van der Waals surface area contributed by atoms with Crippen LogP contribution < -0.4 is 10.2 Å². The van der Waals surface area contributed by atoms with Crippen LogP contribution in [0.25, 0.3) is 10.9 Å². The molecule has 172 valence electrons. The predicted molar refractivity (Wildman–Crippen MR) is 125 cm³/mol. The molecule has 3 aromatic rings. The van der Waals surface area contributed by atoms with Gasteiger partial charge in [0, 0.05) is 60.2 Å². The van der Waals surface area contributed by atoms with Gasteiger partial charge in [0.05, 0.1) is 23.7 Å². The number of aromatic amines is 1. The van der Waals surface area contributed by atoms with E-state index in [4.69, 9.17) is 4.74 Å². The number of amides is 2. The molecule has 2 heterocycles. The molecular formula is C23H25N5O5. The topological polar surface area (TPSA) is 121 Å². The van der Waals surface area contributed by atoms with Gasteiger partial charge in [0.1, 0.15) is 6.54 Å². The molecule has 1 aliphatic heterocycles. The summed E-state index contributed by atoms with van der Waals surface area (Å²) in [7, 11) is 0. The number of hydrogen-bond donors (Lipinski definition) is 2. The van der Waals surface area contributed by atoms with Crippen molar-refractivity contribution in [1.29, 1.82) is 0 Å². The van der Waals surface area contributed by atoms with Gasteiger partial charge < -0.3 is 24.8 Å². The van der Waals surface area contributed by atoms with E-state index < -0.39 is 4.92 Å². The van der Waals surface area contributed by atoms with Crippen molar-refractivity contribution in [3.8, 4) is 0 Å². The Hall–Kier alpha value is -3.92. The van der Waals surface area contributed by atoms with Crippen molar-refractivity contribution in [1.82, 2.24) is 9.88 Å². The van der Waals surface area contributed by atoms with Crippen LogP contribution in [0, 0.1) is 10.1 Å². The van der Waals surface area contributed by atoms with E-state index in [-0.39, 0.29) is 24.0 Å². The van der Waals surface area contributed by atoms with Gasteiger partial charge >= 0.3 is 0 Å². The van der Waals surface area contributed by atoms with Crippen LogP contribution in [0.2, 0.25) is 0 Å². The Kier molecular flexibility index (Phi) is 6.55. The number of rotatable bonds is 7. The van der Waals surface area contributed by atoms with Gasteiger partial charge in [-0.2, -0.15) is 0 Å². The highest BCUT2D eigenvalue weighted by atomic mass is 16.6. The van der Waals surface area contributed by atoms with Crippen LogP contribution in [-0.4, -0.2) is 66.0 Å². The van der Waals surface area contributed by atoms with Crippen molar-refractivity contribution in [2.24, 2.45) is 0 Å². The standard InChI is InChI=1S/C23H25N5O5/c1-2-26(23(30)20-14-24-21-8-7-18(28(31)32)13-19(20)21)15-22(29)25-16-3-5-17(6-4-16)27-9-11-33-12-10-27/h3-8,13-14,24H,2,9-12,15H2,1H3,(H,25,29). The summed E-state index contributed by atoms with van der Waals surface area (Å²) >= 11 is 0. The minimum atomic E-state index is -0.504. The number of carbonyl (C=O) groups is 2. The highest BCUT2D eigenvalue weighted by Crippen LogP contribution is 2.25. The molecule has 0 atom stereocenters. The Morgan fingerprint density at radius 2 is 1.91 bits per heavy atom. The number of ether oxygens (including phenoxy) is 1. The monoisotopic (exact) mass is 451 g/mol. The van der Waals surface area contributed by atoms with Crippen LogP contribution in [0.3, 0.4) is 0 Å². The van der Waals surface area contributed by atoms with Crippen molar-refractivity contribution in [3.05, 3.63) is 64.3 Å². The third-order valence-electron chi connectivity index (χ3n) is 5.64. The van der Waals surface area contributed by atoms with Gasteiger partial charge in [0.25, 0.3) is 11.6 Å². The Labute approximate surface area is 190 Å². The van der Waals surface area contributed by atoms with E-state index in [2.05, 4.69) is 15.2 Å². The first-order valence-corrected chi connectivity index (χ1v) is 10.7. The molecule has 1 saturated heterocycles. The van der Waals surface area contributed by atoms with Gasteiger partial charge in [0.2, 0.25) is 5.91 Å². The molecule has 1 fully saturated rings. The Bertz CT molecular complexity index is 1170. The number of anilines is 2. The summed E-state index contributed by atoms with van der Waals surface area (Å²) in [5, 5.41) is 14.4. The Morgan fingerprint density at radius 1 is 1.18 bits per heavy atom. The fourth-order valence-electron chi connectivity index (χ4n) is 3.85. The average molecular weight is 451 g/mol. The van der Waals surface area contributed by atoms with E-state index in [9.17, 15) is 19.7 Å². The summed E-state index contributed by atoms with van der Waals surface area (Å²) in [6.45, 7) is 5.00. The van der Waals surface area contributed by atoms with Crippen LogP contribution >= 0.6 is 0 Å². The zero-order chi connectivity index (χ0) is 23.4. The first-order valence-electron chi connectivity index (χ1n) is 10.7. The number of hydrogen-bond acceptors (Lipinski definition) is 6. The lowest BCUT2D eigenvalue weighted by atomic mass is 10.1. The summed E-state index contributed by atoms with van der Waals surface area (Å²) in [5.41, 5.74) is 2.51. The minimum absolute atomic E-state index is 0.0996. The second-order valence-electron chi connectivity index (χ2n) is 7.70. The molecule has 0 aliphatic carbocycles. The van der Waals surface area contributed by atoms with E-state index in [1.807, 2.05) is 24.3 Å². The number of benzene rings is 2. The summed E-state index contributed by atoms with van der Waals surface area (Å²) < 4.78 is 5.37. The molecule has 2 aromatic carbocycles. The lowest BCUT2D eigenvalue weighted by Crippen LogP contribution is -2.37. The fourth-order valence-corrected chi connectivity index (χ4v) is 3.85. The van der Waals surface area contributed by atoms with Crippen LogP contribution in [0.4, 0.5) is 17.1 Å². The number of carbonyl (C=O) groups excluding carboxylic acids is 2. The molecule has 4 rings (SSSR count). The molecule has 1 aromatic heterocycles. The van der Waals surface area contributed by atoms with Gasteiger partial charge in [-0.05, 0) is 37.3 Å². The maximum atomic E-state index is 13.1. The summed E-state index contributed by atoms with van der Waals surface area (Å²) in [5.74, 6) is -0.697. The predicted octanol–water partition coefficient (Wildman–Crippen LogP) is 3.01. The molecular weight excluding hydrogens is 426 g/mol. The van der Waals surface area contributed by atoms with Gasteiger partial charge in [0.15, 0.2) is 0 Å². The first-order chi connectivity index (χ1) is 16.0. The van der Waals surface area contributed by atoms with Crippen LogP contribution in [0.15, 0.2) is 48.7 Å². The normalized spacial score (nSPS) is 13.7. The van der Waals surface area contributed by atoms with Crippen LogP contribution in [-0.2, 0) is 9.53 Å². The van der Waals surface area contributed by atoms with Crippen LogP contribution in [0.5, 0.6) is 0 Å². The largest absolute Gasteiger partial charge is 0.378 e. The van der Waals surface area contributed by atoms with E-state index in [0.717, 1.165) is 18.8 Å². The van der Waals surface area contributed by atoms with Gasteiger partial charge in [-0.25, -0.2) is 0 Å². The number of nitro benzene ring substituents is 1. The SMILES string of the molecule is CCN(CC(=O)Nc1ccc(N2CCOCC2)cc1)C(=O)c1c[nH]c2ccc([N+](=O)[O-])cc12. The lowest BCUT2D eigenvalue weighted by molar-refractivity contribution is -0.384. The number of aromatic nitrogens is 1. The Balaban J connectivity index is 1.42. The van der Waals surface area contributed by atoms with E-state index in [0.29, 0.717) is 41.9 Å². The number of H-pyrrole nitrogens is 1. The van der Waals surface area contributed by atoms with Crippen molar-refractivity contribution < 1.29 is 19.2 Å². The second kappa shape index (κ2) is 9.70. The van der Waals surface area contributed by atoms with E-state index in [1.165, 1.54) is 23.2 Å². The summed E-state index contributed by atoms with van der Waals surface area (Å²) in [4.78, 5) is 42.9. The molecule has 0 saturated carbocycles. The quantitative estimate of drug-likeness (QED) is 0.421. The maximum Gasteiger partial charge on any atom is 0.270 e. The summed E-state index contributed by atoms with van der Waals surface area (Å²) in [6, 6.07) is 11.9.